The Morgan fingerprint density at radius 3 is 1.95 bits per heavy atom. The Hall–Kier alpha value is -0.240. The molecule has 1 nitrogen and oxygen atoms in total. The first-order valence-electron chi connectivity index (χ1n) is 6.83. The summed E-state index contributed by atoms with van der Waals surface area (Å²) in [7, 11) is 2.03. The molecule has 3 heteroatoms. The van der Waals surface area contributed by atoms with Gasteiger partial charge >= 0.3 is 0 Å². The lowest BCUT2D eigenvalue weighted by molar-refractivity contribution is 0.421. The van der Waals surface area contributed by atoms with Crippen LogP contribution in [0.15, 0.2) is 18.2 Å². The molecule has 1 aliphatic rings. The van der Waals surface area contributed by atoms with Crippen molar-refractivity contribution in [2.45, 2.75) is 40.2 Å². The lowest BCUT2D eigenvalue weighted by Gasteiger charge is -2.20. The lowest BCUT2D eigenvalue weighted by atomic mass is 9.97. The third-order valence-corrected chi connectivity index (χ3v) is 6.10. The molecule has 1 aromatic carbocycles. The van der Waals surface area contributed by atoms with Crippen LogP contribution in [-0.2, 0) is 6.42 Å². The summed E-state index contributed by atoms with van der Waals surface area (Å²) in [5, 5.41) is 5.00. The Balaban J connectivity index is 2.22. The summed E-state index contributed by atoms with van der Waals surface area (Å²) in [4.78, 5) is 0. The highest BCUT2D eigenvalue weighted by Gasteiger charge is 2.66. The number of rotatable bonds is 4. The molecule has 0 bridgehead atoms. The summed E-state index contributed by atoms with van der Waals surface area (Å²) in [5.74, 6) is 0.636. The quantitative estimate of drug-likeness (QED) is 0.841. The van der Waals surface area contributed by atoms with Gasteiger partial charge in [0.25, 0.3) is 0 Å². The van der Waals surface area contributed by atoms with E-state index in [9.17, 15) is 0 Å². The zero-order chi connectivity index (χ0) is 14.4. The first kappa shape index (κ1) is 15.2. The molecule has 1 N–H and O–H groups in total. The van der Waals surface area contributed by atoms with Crippen molar-refractivity contribution in [3.63, 3.8) is 0 Å². The first-order valence-corrected chi connectivity index (χ1v) is 7.59. The van der Waals surface area contributed by atoms with Gasteiger partial charge in [-0.05, 0) is 47.9 Å². The van der Waals surface area contributed by atoms with Crippen molar-refractivity contribution in [2.75, 3.05) is 7.05 Å². The average molecular weight is 300 g/mol. The topological polar surface area (TPSA) is 12.0 Å². The zero-order valence-electron chi connectivity index (χ0n) is 12.3. The van der Waals surface area contributed by atoms with Gasteiger partial charge < -0.3 is 5.32 Å². The molecule has 0 aliphatic heterocycles. The smallest absolute Gasteiger partial charge is 0.0453 e. The van der Waals surface area contributed by atoms with Gasteiger partial charge in [0, 0.05) is 16.1 Å². The number of hydrogen-bond donors (Lipinski definition) is 1. The Morgan fingerprint density at radius 1 is 1.11 bits per heavy atom. The van der Waals surface area contributed by atoms with Crippen molar-refractivity contribution in [1.82, 2.24) is 5.32 Å². The van der Waals surface area contributed by atoms with Crippen LogP contribution < -0.4 is 5.32 Å². The number of halogens is 2. The molecular weight excluding hydrogens is 277 g/mol. The summed E-state index contributed by atoms with van der Waals surface area (Å²) < 4.78 is 0. The van der Waals surface area contributed by atoms with E-state index >= 15 is 0 Å². The third-order valence-electron chi connectivity index (χ3n) is 5.39. The molecule has 0 heterocycles. The van der Waals surface area contributed by atoms with Gasteiger partial charge in [-0.1, -0.05) is 57.0 Å². The Kier molecular flexibility index (Phi) is 3.94. The van der Waals surface area contributed by atoms with Crippen LogP contribution in [-0.4, -0.2) is 13.1 Å². The second kappa shape index (κ2) is 4.95. The monoisotopic (exact) mass is 299 g/mol. The van der Waals surface area contributed by atoms with Gasteiger partial charge in [-0.3, -0.25) is 0 Å². The molecule has 0 aromatic heterocycles. The van der Waals surface area contributed by atoms with Crippen LogP contribution in [0.1, 0.15) is 33.3 Å². The maximum atomic E-state index is 6.29. The van der Waals surface area contributed by atoms with E-state index in [-0.39, 0.29) is 0 Å². The Morgan fingerprint density at radius 2 is 1.58 bits per heavy atom. The van der Waals surface area contributed by atoms with E-state index in [1.165, 1.54) is 0 Å². The highest BCUT2D eigenvalue weighted by molar-refractivity contribution is 6.36. The summed E-state index contributed by atoms with van der Waals surface area (Å²) in [6.07, 6.45) is 0.881. The molecule has 1 aliphatic carbocycles. The molecule has 0 radical (unpaired) electrons. The van der Waals surface area contributed by atoms with Gasteiger partial charge in [0.15, 0.2) is 0 Å². The van der Waals surface area contributed by atoms with E-state index in [0.29, 0.717) is 22.8 Å². The highest BCUT2D eigenvalue weighted by Crippen LogP contribution is 2.69. The SMILES string of the molecule is CNC(Cc1c(Cl)cccc1Cl)C1C(C)(C)C1(C)C. The fourth-order valence-corrected chi connectivity index (χ4v) is 4.14. The predicted molar refractivity (Wildman–Crippen MR) is 84.1 cm³/mol. The van der Waals surface area contributed by atoms with Crippen LogP contribution in [0, 0.1) is 16.7 Å². The highest BCUT2D eigenvalue weighted by atomic mass is 35.5. The maximum absolute atomic E-state index is 6.29. The summed E-state index contributed by atoms with van der Waals surface area (Å²) >= 11 is 12.6. The van der Waals surface area contributed by atoms with E-state index in [4.69, 9.17) is 23.2 Å². The van der Waals surface area contributed by atoms with E-state index in [1.54, 1.807) is 0 Å². The summed E-state index contributed by atoms with van der Waals surface area (Å²) in [6, 6.07) is 6.13. The van der Waals surface area contributed by atoms with Crippen molar-refractivity contribution >= 4 is 23.2 Å². The second-order valence-corrected chi connectivity index (χ2v) is 7.53. The molecule has 106 valence electrons. The maximum Gasteiger partial charge on any atom is 0.0453 e. The van der Waals surface area contributed by atoms with E-state index in [2.05, 4.69) is 33.0 Å². The second-order valence-electron chi connectivity index (χ2n) is 6.72. The summed E-state index contributed by atoms with van der Waals surface area (Å²) in [6.45, 7) is 9.37. The fraction of sp³-hybridized carbons (Fsp3) is 0.625. The molecule has 0 spiro atoms. The molecule has 19 heavy (non-hydrogen) atoms. The van der Waals surface area contributed by atoms with Crippen LogP contribution in [0.5, 0.6) is 0 Å². The van der Waals surface area contributed by atoms with Crippen molar-refractivity contribution < 1.29 is 0 Å². The molecule has 0 amide bonds. The summed E-state index contributed by atoms with van der Waals surface area (Å²) in [5.41, 5.74) is 1.77. The number of hydrogen-bond acceptors (Lipinski definition) is 1. The minimum absolute atomic E-state index is 0.356. The number of nitrogens with one attached hydrogen (secondary N) is 1. The molecule has 2 rings (SSSR count). The first-order chi connectivity index (χ1) is 8.73. The number of benzene rings is 1. The molecule has 1 aromatic rings. The minimum Gasteiger partial charge on any atom is -0.316 e. The number of likely N-dealkylation sites (N-methyl/N-ethyl adjacent to an activating group) is 1. The van der Waals surface area contributed by atoms with Crippen LogP contribution in [0.3, 0.4) is 0 Å². The predicted octanol–water partition coefficient (Wildman–Crippen LogP) is 4.81. The van der Waals surface area contributed by atoms with Crippen molar-refractivity contribution in [1.29, 1.82) is 0 Å². The van der Waals surface area contributed by atoms with E-state index in [1.807, 2.05) is 25.2 Å². The molecule has 1 unspecified atom stereocenters. The van der Waals surface area contributed by atoms with Crippen LogP contribution in [0.4, 0.5) is 0 Å². The van der Waals surface area contributed by atoms with Gasteiger partial charge in [0.1, 0.15) is 0 Å². The van der Waals surface area contributed by atoms with Crippen LogP contribution in [0.2, 0.25) is 10.0 Å². The van der Waals surface area contributed by atoms with Crippen molar-refractivity contribution in [2.24, 2.45) is 16.7 Å². The largest absolute Gasteiger partial charge is 0.316 e. The van der Waals surface area contributed by atoms with E-state index in [0.717, 1.165) is 22.0 Å². The van der Waals surface area contributed by atoms with Crippen molar-refractivity contribution in [3.8, 4) is 0 Å². The van der Waals surface area contributed by atoms with Crippen LogP contribution >= 0.6 is 23.2 Å². The van der Waals surface area contributed by atoms with Crippen LogP contribution in [0.25, 0.3) is 0 Å². The molecular formula is C16H23Cl2N. The van der Waals surface area contributed by atoms with Gasteiger partial charge in [0.05, 0.1) is 0 Å². The average Bonchev–Trinajstić information content (AvgIpc) is 2.71. The third kappa shape index (κ3) is 2.41. The zero-order valence-corrected chi connectivity index (χ0v) is 13.9. The van der Waals surface area contributed by atoms with Gasteiger partial charge in [-0.15, -0.1) is 0 Å². The molecule has 1 fully saturated rings. The Labute approximate surface area is 126 Å². The standard InChI is InChI=1S/C16H23Cl2N/c1-15(2)14(16(15,3)4)13(19-5)9-10-11(17)7-6-8-12(10)18/h6-8,13-14,19H,9H2,1-5H3. The molecule has 0 saturated heterocycles. The van der Waals surface area contributed by atoms with Crippen molar-refractivity contribution in [3.05, 3.63) is 33.8 Å². The lowest BCUT2D eigenvalue weighted by Crippen LogP contribution is -2.32. The Bertz CT molecular complexity index is 445. The van der Waals surface area contributed by atoms with Gasteiger partial charge in [-0.25, -0.2) is 0 Å². The van der Waals surface area contributed by atoms with Gasteiger partial charge in [-0.2, -0.15) is 0 Å². The van der Waals surface area contributed by atoms with Gasteiger partial charge in [0.2, 0.25) is 0 Å². The van der Waals surface area contributed by atoms with E-state index < -0.39 is 0 Å². The molecule has 1 atom stereocenters. The normalized spacial score (nSPS) is 22.3. The minimum atomic E-state index is 0.356. The fourth-order valence-electron chi connectivity index (χ4n) is 3.59. The molecule has 1 saturated carbocycles.